The Morgan fingerprint density at radius 2 is 2.41 bits per heavy atom. The number of hydrogen-bond donors (Lipinski definition) is 1. The minimum Gasteiger partial charge on any atom is -0.458 e. The number of aromatic nitrogens is 3. The van der Waals surface area contributed by atoms with E-state index in [2.05, 4.69) is 10.1 Å². The second-order valence-corrected chi connectivity index (χ2v) is 4.53. The third-order valence-corrected chi connectivity index (χ3v) is 3.17. The molecule has 1 unspecified atom stereocenters. The Balaban J connectivity index is 1.92. The summed E-state index contributed by atoms with van der Waals surface area (Å²) in [5, 5.41) is 13.6. The van der Waals surface area contributed by atoms with Crippen LogP contribution < -0.4 is 0 Å². The summed E-state index contributed by atoms with van der Waals surface area (Å²) in [6.45, 7) is 2.87. The summed E-state index contributed by atoms with van der Waals surface area (Å²) in [5.74, 6) is 3.51. The van der Waals surface area contributed by atoms with Gasteiger partial charge < -0.3 is 9.52 Å². The maximum atomic E-state index is 9.16. The first-order chi connectivity index (χ1) is 8.26. The molecular weight excluding hydrogens is 218 g/mol. The van der Waals surface area contributed by atoms with Crippen molar-refractivity contribution in [3.63, 3.8) is 0 Å². The van der Waals surface area contributed by atoms with Gasteiger partial charge in [-0.05, 0) is 25.5 Å². The van der Waals surface area contributed by atoms with Gasteiger partial charge >= 0.3 is 0 Å². The predicted octanol–water partition coefficient (Wildman–Crippen LogP) is 1.40. The van der Waals surface area contributed by atoms with Gasteiger partial charge in [-0.1, -0.05) is 0 Å². The van der Waals surface area contributed by atoms with E-state index in [1.165, 1.54) is 0 Å². The van der Waals surface area contributed by atoms with Gasteiger partial charge in [0.25, 0.3) is 0 Å². The summed E-state index contributed by atoms with van der Waals surface area (Å²) in [5.41, 5.74) is 0. The fourth-order valence-corrected chi connectivity index (χ4v) is 2.18. The molecule has 3 rings (SSSR count). The molecule has 0 aliphatic carbocycles. The molecule has 2 aromatic rings. The summed E-state index contributed by atoms with van der Waals surface area (Å²) in [6.07, 6.45) is 1.85. The zero-order valence-corrected chi connectivity index (χ0v) is 9.76. The molecule has 17 heavy (non-hydrogen) atoms. The lowest BCUT2D eigenvalue weighted by Gasteiger charge is -2.19. The van der Waals surface area contributed by atoms with Crippen LogP contribution in [0, 0.1) is 12.8 Å². The topological polar surface area (TPSA) is 64.1 Å². The third-order valence-electron chi connectivity index (χ3n) is 3.17. The number of aliphatic hydroxyl groups is 1. The number of furan rings is 1. The molecule has 5 heteroatoms. The molecule has 3 heterocycles. The molecule has 0 radical (unpaired) electrons. The lowest BCUT2D eigenvalue weighted by molar-refractivity contribution is 0.185. The van der Waals surface area contributed by atoms with Crippen LogP contribution in [0.3, 0.4) is 0 Å². The molecule has 5 nitrogen and oxygen atoms in total. The molecule has 0 fully saturated rings. The average molecular weight is 233 g/mol. The van der Waals surface area contributed by atoms with Gasteiger partial charge in [-0.15, -0.1) is 5.10 Å². The van der Waals surface area contributed by atoms with Crippen molar-refractivity contribution in [3.8, 4) is 11.6 Å². The monoisotopic (exact) mass is 233 g/mol. The summed E-state index contributed by atoms with van der Waals surface area (Å²) in [7, 11) is 0. The minimum absolute atomic E-state index is 0.217. The largest absolute Gasteiger partial charge is 0.458 e. The number of nitrogens with zero attached hydrogens (tertiary/aromatic N) is 3. The molecule has 1 aliphatic heterocycles. The average Bonchev–Trinajstić information content (AvgIpc) is 2.93. The second kappa shape index (κ2) is 4.00. The van der Waals surface area contributed by atoms with E-state index < -0.39 is 0 Å². The lowest BCUT2D eigenvalue weighted by Crippen LogP contribution is -2.23. The summed E-state index contributed by atoms with van der Waals surface area (Å²) < 4.78 is 7.40. The number of fused-ring (bicyclic) bond motifs is 1. The van der Waals surface area contributed by atoms with Gasteiger partial charge in [0.15, 0.2) is 5.76 Å². The zero-order chi connectivity index (χ0) is 11.8. The molecule has 0 amide bonds. The van der Waals surface area contributed by atoms with Crippen LogP contribution in [0.2, 0.25) is 0 Å². The van der Waals surface area contributed by atoms with Gasteiger partial charge in [-0.2, -0.15) is 0 Å². The molecule has 1 N–H and O–H groups in total. The van der Waals surface area contributed by atoms with Crippen LogP contribution in [0.4, 0.5) is 0 Å². The molecule has 2 aromatic heterocycles. The fourth-order valence-electron chi connectivity index (χ4n) is 2.18. The van der Waals surface area contributed by atoms with E-state index in [1.54, 1.807) is 0 Å². The maximum Gasteiger partial charge on any atom is 0.217 e. The van der Waals surface area contributed by atoms with Crippen LogP contribution >= 0.6 is 0 Å². The van der Waals surface area contributed by atoms with Crippen molar-refractivity contribution in [2.24, 2.45) is 5.92 Å². The second-order valence-electron chi connectivity index (χ2n) is 4.53. The standard InChI is InChI=1S/C12H15N3O2/c1-8-2-4-10(17-8)12-13-11-5-3-9(7-16)6-15(11)14-12/h2,4,9,16H,3,5-7H2,1H3. The number of hydrogen-bond acceptors (Lipinski definition) is 4. The van der Waals surface area contributed by atoms with Crippen molar-refractivity contribution in [2.45, 2.75) is 26.3 Å². The SMILES string of the molecule is Cc1ccc(-c2nc3n(n2)CC(CO)CC3)o1. The van der Waals surface area contributed by atoms with Crippen LogP contribution in [0.1, 0.15) is 18.0 Å². The van der Waals surface area contributed by atoms with Crippen LogP contribution in [0.5, 0.6) is 0 Å². The van der Waals surface area contributed by atoms with E-state index in [1.807, 2.05) is 23.7 Å². The van der Waals surface area contributed by atoms with Crippen molar-refractivity contribution < 1.29 is 9.52 Å². The quantitative estimate of drug-likeness (QED) is 0.851. The normalized spacial score (nSPS) is 19.3. The highest BCUT2D eigenvalue weighted by Crippen LogP contribution is 2.23. The molecule has 0 bridgehead atoms. The van der Waals surface area contributed by atoms with Crippen LogP contribution in [0.15, 0.2) is 16.5 Å². The van der Waals surface area contributed by atoms with Gasteiger partial charge in [0.1, 0.15) is 11.6 Å². The van der Waals surface area contributed by atoms with Crippen molar-refractivity contribution in [3.05, 3.63) is 23.7 Å². The Labute approximate surface area is 99.1 Å². The highest BCUT2D eigenvalue weighted by atomic mass is 16.3. The molecule has 0 saturated heterocycles. The first-order valence-electron chi connectivity index (χ1n) is 5.87. The molecule has 0 spiro atoms. The van der Waals surface area contributed by atoms with Crippen molar-refractivity contribution in [2.75, 3.05) is 6.61 Å². The summed E-state index contributed by atoms with van der Waals surface area (Å²) in [4.78, 5) is 4.48. The van der Waals surface area contributed by atoms with Crippen LogP contribution in [-0.2, 0) is 13.0 Å². The van der Waals surface area contributed by atoms with Gasteiger partial charge in [-0.3, -0.25) is 0 Å². The van der Waals surface area contributed by atoms with Gasteiger partial charge in [0, 0.05) is 25.5 Å². The zero-order valence-electron chi connectivity index (χ0n) is 9.76. The predicted molar refractivity (Wildman–Crippen MR) is 61.4 cm³/mol. The van der Waals surface area contributed by atoms with E-state index >= 15 is 0 Å². The molecule has 0 saturated carbocycles. The summed E-state index contributed by atoms with van der Waals surface area (Å²) >= 11 is 0. The Kier molecular flexibility index (Phi) is 2.48. The minimum atomic E-state index is 0.217. The lowest BCUT2D eigenvalue weighted by atomic mass is 10.0. The van der Waals surface area contributed by atoms with Crippen LogP contribution in [-0.4, -0.2) is 26.5 Å². The molecule has 1 atom stereocenters. The Morgan fingerprint density at radius 1 is 1.53 bits per heavy atom. The fraction of sp³-hybridized carbons (Fsp3) is 0.500. The van der Waals surface area contributed by atoms with Crippen molar-refractivity contribution >= 4 is 0 Å². The molecular formula is C12H15N3O2. The van der Waals surface area contributed by atoms with Gasteiger partial charge in [-0.25, -0.2) is 9.67 Å². The van der Waals surface area contributed by atoms with E-state index in [0.29, 0.717) is 17.5 Å². The molecule has 90 valence electrons. The number of aliphatic hydroxyl groups excluding tert-OH is 1. The van der Waals surface area contributed by atoms with E-state index in [-0.39, 0.29) is 6.61 Å². The van der Waals surface area contributed by atoms with Crippen molar-refractivity contribution in [1.82, 2.24) is 14.8 Å². The number of rotatable bonds is 2. The van der Waals surface area contributed by atoms with Crippen molar-refractivity contribution in [1.29, 1.82) is 0 Å². The van der Waals surface area contributed by atoms with Gasteiger partial charge in [0.2, 0.25) is 5.82 Å². The summed E-state index contributed by atoms with van der Waals surface area (Å²) in [6, 6.07) is 3.80. The van der Waals surface area contributed by atoms with E-state index in [4.69, 9.17) is 9.52 Å². The first kappa shape index (κ1) is 10.5. The Morgan fingerprint density at radius 3 is 3.12 bits per heavy atom. The number of aryl methyl sites for hydroxylation is 2. The Bertz CT molecular complexity index is 530. The van der Waals surface area contributed by atoms with Crippen LogP contribution in [0.25, 0.3) is 11.6 Å². The smallest absolute Gasteiger partial charge is 0.217 e. The third kappa shape index (κ3) is 1.86. The van der Waals surface area contributed by atoms with E-state index in [9.17, 15) is 0 Å². The van der Waals surface area contributed by atoms with E-state index in [0.717, 1.165) is 31.0 Å². The first-order valence-corrected chi connectivity index (χ1v) is 5.87. The molecule has 1 aliphatic rings. The highest BCUT2D eigenvalue weighted by molar-refractivity contribution is 5.46. The maximum absolute atomic E-state index is 9.16. The Hall–Kier alpha value is -1.62. The van der Waals surface area contributed by atoms with Gasteiger partial charge in [0.05, 0.1) is 0 Å². The molecule has 0 aromatic carbocycles. The highest BCUT2D eigenvalue weighted by Gasteiger charge is 2.22.